The van der Waals surface area contributed by atoms with Crippen LogP contribution >= 0.6 is 0 Å². The van der Waals surface area contributed by atoms with Gasteiger partial charge in [0.2, 0.25) is 0 Å². The van der Waals surface area contributed by atoms with Gasteiger partial charge in [-0.3, -0.25) is 0 Å². The summed E-state index contributed by atoms with van der Waals surface area (Å²) >= 11 is 0. The maximum Gasteiger partial charge on any atom is 0.0667 e. The molecule has 2 heteroatoms. The third-order valence-corrected chi connectivity index (χ3v) is 3.17. The van der Waals surface area contributed by atoms with Crippen LogP contribution < -0.4 is 4.90 Å². The van der Waals surface area contributed by atoms with E-state index >= 15 is 0 Å². The molecule has 82 valence electrons. The molecule has 0 spiro atoms. The first-order chi connectivity index (χ1) is 7.22. The van der Waals surface area contributed by atoms with Gasteiger partial charge in [-0.2, -0.15) is 0 Å². The van der Waals surface area contributed by atoms with Crippen molar-refractivity contribution >= 4 is 5.69 Å². The van der Waals surface area contributed by atoms with Crippen LogP contribution in [-0.2, 0) is 4.74 Å². The molecule has 0 aliphatic carbocycles. The molecule has 15 heavy (non-hydrogen) atoms. The van der Waals surface area contributed by atoms with Crippen molar-refractivity contribution in [3.63, 3.8) is 0 Å². The second-order valence-electron chi connectivity index (χ2n) is 4.44. The predicted molar refractivity (Wildman–Crippen MR) is 63.4 cm³/mol. The maximum atomic E-state index is 5.23. The van der Waals surface area contributed by atoms with Gasteiger partial charge in [0.25, 0.3) is 0 Å². The molecule has 0 saturated carbocycles. The van der Waals surface area contributed by atoms with Gasteiger partial charge in [-0.25, -0.2) is 0 Å². The minimum atomic E-state index is 0.563. The molecule has 1 aliphatic rings. The number of hydrogen-bond acceptors (Lipinski definition) is 2. The number of rotatable bonds is 3. The number of anilines is 1. The quantitative estimate of drug-likeness (QED) is 0.752. The molecule has 1 aromatic rings. The predicted octanol–water partition coefficient (Wildman–Crippen LogP) is 2.61. The highest BCUT2D eigenvalue weighted by atomic mass is 16.5. The second-order valence-corrected chi connectivity index (χ2v) is 4.44. The van der Waals surface area contributed by atoms with Gasteiger partial charge in [0.05, 0.1) is 12.6 Å². The molecule has 1 saturated heterocycles. The van der Waals surface area contributed by atoms with E-state index in [0.717, 1.165) is 6.61 Å². The van der Waals surface area contributed by atoms with Crippen LogP contribution in [0.5, 0.6) is 0 Å². The fourth-order valence-electron chi connectivity index (χ4n) is 2.37. The molecule has 2 nitrogen and oxygen atoms in total. The van der Waals surface area contributed by atoms with Gasteiger partial charge in [0.1, 0.15) is 0 Å². The molecule has 0 bridgehead atoms. The second kappa shape index (κ2) is 4.23. The zero-order valence-corrected chi connectivity index (χ0v) is 9.73. The van der Waals surface area contributed by atoms with E-state index in [9.17, 15) is 0 Å². The number of benzene rings is 1. The van der Waals surface area contributed by atoms with Gasteiger partial charge < -0.3 is 9.64 Å². The molecule has 1 heterocycles. The van der Waals surface area contributed by atoms with Gasteiger partial charge in [-0.05, 0) is 32.4 Å². The normalized spacial score (nSPS) is 25.1. The van der Waals surface area contributed by atoms with Crippen molar-refractivity contribution in [2.45, 2.75) is 32.4 Å². The number of aryl methyl sites for hydroxylation is 1. The van der Waals surface area contributed by atoms with Crippen molar-refractivity contribution in [2.24, 2.45) is 0 Å². The highest BCUT2D eigenvalue weighted by Crippen LogP contribution is 2.32. The molecular weight excluding hydrogens is 186 g/mol. The number of nitrogens with zero attached hydrogens (tertiary/aromatic N) is 1. The van der Waals surface area contributed by atoms with Crippen LogP contribution in [0.4, 0.5) is 5.69 Å². The molecular formula is C13H19NO. The van der Waals surface area contributed by atoms with E-state index < -0.39 is 0 Å². The zero-order valence-electron chi connectivity index (χ0n) is 9.73. The molecule has 2 atom stereocenters. The topological polar surface area (TPSA) is 12.5 Å². The van der Waals surface area contributed by atoms with Crippen molar-refractivity contribution in [3.8, 4) is 0 Å². The van der Waals surface area contributed by atoms with E-state index in [1.165, 1.54) is 17.7 Å². The average molecular weight is 205 g/mol. The Kier molecular flexibility index (Phi) is 2.96. The lowest BCUT2D eigenvalue weighted by atomic mass is 9.93. The summed E-state index contributed by atoms with van der Waals surface area (Å²) in [5, 5.41) is 0. The van der Waals surface area contributed by atoms with Gasteiger partial charge in [0.15, 0.2) is 0 Å². The van der Waals surface area contributed by atoms with Crippen LogP contribution in [0.15, 0.2) is 24.3 Å². The lowest BCUT2D eigenvalue weighted by molar-refractivity contribution is 0.143. The largest absolute Gasteiger partial charge is 0.383 e. The summed E-state index contributed by atoms with van der Waals surface area (Å²) in [6.07, 6.45) is 1.24. The summed E-state index contributed by atoms with van der Waals surface area (Å²) in [5.41, 5.74) is 2.64. The van der Waals surface area contributed by atoms with Gasteiger partial charge in [0, 0.05) is 18.8 Å². The maximum absolute atomic E-state index is 5.23. The first kappa shape index (κ1) is 10.5. The summed E-state index contributed by atoms with van der Waals surface area (Å²) in [6.45, 7) is 5.22. The van der Waals surface area contributed by atoms with Crippen molar-refractivity contribution in [2.75, 3.05) is 18.6 Å². The van der Waals surface area contributed by atoms with Crippen molar-refractivity contribution in [3.05, 3.63) is 29.8 Å². The van der Waals surface area contributed by atoms with E-state index in [1.54, 1.807) is 7.11 Å². The summed E-state index contributed by atoms with van der Waals surface area (Å²) in [6, 6.07) is 9.95. The van der Waals surface area contributed by atoms with Crippen LogP contribution in [0.3, 0.4) is 0 Å². The SMILES string of the molecule is COCC1CC(C)N1c1ccc(C)cc1. The van der Waals surface area contributed by atoms with Crippen LogP contribution in [0.25, 0.3) is 0 Å². The van der Waals surface area contributed by atoms with Gasteiger partial charge in [-0.1, -0.05) is 17.7 Å². The Morgan fingerprint density at radius 1 is 1.33 bits per heavy atom. The standard InChI is InChI=1S/C13H19NO/c1-10-4-6-12(7-5-10)14-11(2)8-13(14)9-15-3/h4-7,11,13H,8-9H2,1-3H3. The third kappa shape index (κ3) is 2.00. The fourth-order valence-corrected chi connectivity index (χ4v) is 2.37. The monoisotopic (exact) mass is 205 g/mol. The van der Waals surface area contributed by atoms with Crippen LogP contribution in [0.1, 0.15) is 18.9 Å². The molecule has 1 fully saturated rings. The Morgan fingerprint density at radius 2 is 2.00 bits per heavy atom. The Bertz CT molecular complexity index is 318. The molecule has 0 N–H and O–H groups in total. The van der Waals surface area contributed by atoms with E-state index in [-0.39, 0.29) is 0 Å². The van der Waals surface area contributed by atoms with Crippen molar-refractivity contribution in [1.29, 1.82) is 0 Å². The lowest BCUT2D eigenvalue weighted by Crippen LogP contribution is -2.56. The third-order valence-electron chi connectivity index (χ3n) is 3.17. The van der Waals surface area contributed by atoms with Crippen molar-refractivity contribution < 1.29 is 4.74 Å². The highest BCUT2D eigenvalue weighted by Gasteiger charge is 2.34. The number of methoxy groups -OCH3 is 1. The van der Waals surface area contributed by atoms with Crippen molar-refractivity contribution in [1.82, 2.24) is 0 Å². The van der Waals surface area contributed by atoms with Gasteiger partial charge >= 0.3 is 0 Å². The van der Waals surface area contributed by atoms with Crippen LogP contribution in [-0.4, -0.2) is 25.8 Å². The van der Waals surface area contributed by atoms with E-state index in [4.69, 9.17) is 4.74 Å². The molecule has 2 rings (SSSR count). The van der Waals surface area contributed by atoms with Gasteiger partial charge in [-0.15, -0.1) is 0 Å². The average Bonchev–Trinajstić information content (AvgIpc) is 2.21. The Morgan fingerprint density at radius 3 is 2.53 bits per heavy atom. The fraction of sp³-hybridized carbons (Fsp3) is 0.538. The molecule has 0 aromatic heterocycles. The Labute approximate surface area is 91.9 Å². The molecule has 1 aromatic carbocycles. The Hall–Kier alpha value is -1.02. The van der Waals surface area contributed by atoms with E-state index in [0.29, 0.717) is 12.1 Å². The lowest BCUT2D eigenvalue weighted by Gasteiger charge is -2.48. The minimum Gasteiger partial charge on any atom is -0.383 e. The van der Waals surface area contributed by atoms with E-state index in [2.05, 4.69) is 43.0 Å². The smallest absolute Gasteiger partial charge is 0.0667 e. The van der Waals surface area contributed by atoms with Crippen LogP contribution in [0.2, 0.25) is 0 Å². The van der Waals surface area contributed by atoms with Crippen LogP contribution in [0, 0.1) is 6.92 Å². The highest BCUT2D eigenvalue weighted by molar-refractivity contribution is 5.52. The molecule has 0 radical (unpaired) electrons. The van der Waals surface area contributed by atoms with E-state index in [1.807, 2.05) is 0 Å². The summed E-state index contributed by atoms with van der Waals surface area (Å²) in [7, 11) is 1.77. The summed E-state index contributed by atoms with van der Waals surface area (Å²) in [4.78, 5) is 2.45. The molecule has 2 unspecified atom stereocenters. The summed E-state index contributed by atoms with van der Waals surface area (Å²) < 4.78 is 5.23. The first-order valence-corrected chi connectivity index (χ1v) is 5.56. The number of ether oxygens (including phenoxy) is 1. The molecule has 1 aliphatic heterocycles. The minimum absolute atomic E-state index is 0.563. The number of hydrogen-bond donors (Lipinski definition) is 0. The molecule has 0 amide bonds. The summed E-state index contributed by atoms with van der Waals surface area (Å²) in [5.74, 6) is 0. The Balaban J connectivity index is 2.11. The first-order valence-electron chi connectivity index (χ1n) is 5.56. The zero-order chi connectivity index (χ0) is 10.8.